The van der Waals surface area contributed by atoms with E-state index in [1.165, 1.54) is 0 Å². The van der Waals surface area contributed by atoms with Crippen molar-refractivity contribution in [3.05, 3.63) is 59.7 Å². The monoisotopic (exact) mass is 322 g/mol. The van der Waals surface area contributed by atoms with Gasteiger partial charge in [-0.25, -0.2) is 0 Å². The van der Waals surface area contributed by atoms with E-state index in [1.54, 1.807) is 48.5 Å². The van der Waals surface area contributed by atoms with Crippen molar-refractivity contribution in [1.29, 1.82) is 5.26 Å². The first-order valence-electron chi connectivity index (χ1n) is 7.54. The normalized spacial score (nSPS) is 9.67. The molecule has 6 nitrogen and oxygen atoms in total. The van der Waals surface area contributed by atoms with E-state index in [9.17, 15) is 9.59 Å². The van der Waals surface area contributed by atoms with Gasteiger partial charge in [0.15, 0.2) is 0 Å². The van der Waals surface area contributed by atoms with Gasteiger partial charge in [-0.15, -0.1) is 0 Å². The van der Waals surface area contributed by atoms with Gasteiger partial charge in [0.25, 0.3) is 5.91 Å². The van der Waals surface area contributed by atoms with Crippen molar-refractivity contribution in [3.63, 3.8) is 0 Å². The van der Waals surface area contributed by atoms with Gasteiger partial charge in [0, 0.05) is 23.5 Å². The van der Waals surface area contributed by atoms with Gasteiger partial charge in [0.2, 0.25) is 5.91 Å². The number of anilines is 2. The average molecular weight is 322 g/mol. The molecule has 6 heteroatoms. The molecule has 2 amide bonds. The first-order valence-corrected chi connectivity index (χ1v) is 7.54. The SMILES string of the molecule is CCNC(=O)c1cccc(NC(=O)CNc2cccc(C#N)c2)c1. The molecule has 0 aliphatic carbocycles. The van der Waals surface area contributed by atoms with E-state index in [2.05, 4.69) is 16.0 Å². The number of nitrogens with one attached hydrogen (secondary N) is 3. The third kappa shape index (κ3) is 4.85. The summed E-state index contributed by atoms with van der Waals surface area (Å²) in [5.41, 5.74) is 2.26. The Kier molecular flexibility index (Phi) is 5.92. The Bertz CT molecular complexity index is 781. The molecule has 0 aliphatic rings. The van der Waals surface area contributed by atoms with E-state index in [4.69, 9.17) is 5.26 Å². The van der Waals surface area contributed by atoms with E-state index >= 15 is 0 Å². The molecule has 0 bridgehead atoms. The second-order valence-corrected chi connectivity index (χ2v) is 5.03. The fourth-order valence-corrected chi connectivity index (χ4v) is 2.09. The number of carbonyl (C=O) groups is 2. The van der Waals surface area contributed by atoms with Gasteiger partial charge in [0.1, 0.15) is 0 Å². The highest BCUT2D eigenvalue weighted by Gasteiger charge is 2.07. The zero-order valence-electron chi connectivity index (χ0n) is 13.3. The van der Waals surface area contributed by atoms with Crippen LogP contribution in [0.1, 0.15) is 22.8 Å². The number of nitriles is 1. The summed E-state index contributed by atoms with van der Waals surface area (Å²) in [6.45, 7) is 2.44. The third-order valence-corrected chi connectivity index (χ3v) is 3.19. The molecular weight excluding hydrogens is 304 g/mol. The number of hydrogen-bond acceptors (Lipinski definition) is 4. The number of nitrogens with zero attached hydrogens (tertiary/aromatic N) is 1. The van der Waals surface area contributed by atoms with Crippen molar-refractivity contribution >= 4 is 23.2 Å². The van der Waals surface area contributed by atoms with Crippen molar-refractivity contribution in [2.24, 2.45) is 0 Å². The molecule has 0 saturated heterocycles. The number of amides is 2. The second kappa shape index (κ2) is 8.34. The lowest BCUT2D eigenvalue weighted by Crippen LogP contribution is -2.24. The van der Waals surface area contributed by atoms with Gasteiger partial charge in [-0.1, -0.05) is 12.1 Å². The average Bonchev–Trinajstić information content (AvgIpc) is 2.60. The first kappa shape index (κ1) is 17.0. The predicted octanol–water partition coefficient (Wildman–Crippen LogP) is 2.36. The Morgan fingerprint density at radius 2 is 1.83 bits per heavy atom. The van der Waals surface area contributed by atoms with Gasteiger partial charge in [-0.05, 0) is 43.3 Å². The standard InChI is InChI=1S/C18H18N4O2/c1-2-20-18(24)14-6-4-8-16(10-14)22-17(23)12-21-15-7-3-5-13(9-15)11-19/h3-10,21H,2,12H2,1H3,(H,20,24)(H,22,23). The molecule has 0 saturated carbocycles. The molecule has 0 radical (unpaired) electrons. The van der Waals surface area contributed by atoms with Gasteiger partial charge in [-0.3, -0.25) is 9.59 Å². The Morgan fingerprint density at radius 1 is 1.08 bits per heavy atom. The van der Waals surface area contributed by atoms with E-state index < -0.39 is 0 Å². The molecular formula is C18H18N4O2. The minimum atomic E-state index is -0.245. The molecule has 0 aliphatic heterocycles. The lowest BCUT2D eigenvalue weighted by Gasteiger charge is -2.09. The van der Waals surface area contributed by atoms with Crippen LogP contribution in [0.5, 0.6) is 0 Å². The summed E-state index contributed by atoms with van der Waals surface area (Å²) in [5, 5.41) is 17.2. The smallest absolute Gasteiger partial charge is 0.251 e. The topological polar surface area (TPSA) is 94.0 Å². The summed E-state index contributed by atoms with van der Waals surface area (Å²) in [7, 11) is 0. The van der Waals surface area contributed by atoms with Crippen molar-refractivity contribution in [3.8, 4) is 6.07 Å². The van der Waals surface area contributed by atoms with Crippen LogP contribution in [-0.4, -0.2) is 24.9 Å². The van der Waals surface area contributed by atoms with E-state index in [1.807, 2.05) is 13.0 Å². The van der Waals surface area contributed by atoms with Gasteiger partial charge >= 0.3 is 0 Å². The van der Waals surface area contributed by atoms with Crippen LogP contribution in [-0.2, 0) is 4.79 Å². The van der Waals surface area contributed by atoms with E-state index in [0.29, 0.717) is 29.0 Å². The summed E-state index contributed by atoms with van der Waals surface area (Å²) in [5.74, 6) is -0.426. The van der Waals surface area contributed by atoms with Gasteiger partial charge in [0.05, 0.1) is 18.2 Å². The van der Waals surface area contributed by atoms with Crippen LogP contribution in [0, 0.1) is 11.3 Å². The molecule has 0 heterocycles. The first-order chi connectivity index (χ1) is 11.6. The molecule has 0 atom stereocenters. The maximum Gasteiger partial charge on any atom is 0.251 e. The van der Waals surface area contributed by atoms with Crippen molar-refractivity contribution in [2.75, 3.05) is 23.7 Å². The fraction of sp³-hybridized carbons (Fsp3) is 0.167. The van der Waals surface area contributed by atoms with Crippen molar-refractivity contribution in [2.45, 2.75) is 6.92 Å². The lowest BCUT2D eigenvalue weighted by molar-refractivity contribution is -0.114. The quantitative estimate of drug-likeness (QED) is 0.761. The third-order valence-electron chi connectivity index (χ3n) is 3.19. The van der Waals surface area contributed by atoms with Crippen molar-refractivity contribution in [1.82, 2.24) is 5.32 Å². The maximum absolute atomic E-state index is 12.0. The van der Waals surface area contributed by atoms with E-state index in [0.717, 1.165) is 0 Å². The minimum Gasteiger partial charge on any atom is -0.376 e. The molecule has 0 unspecified atom stereocenters. The Balaban J connectivity index is 1.93. The highest BCUT2D eigenvalue weighted by Crippen LogP contribution is 2.12. The van der Waals surface area contributed by atoms with Crippen LogP contribution < -0.4 is 16.0 Å². The highest BCUT2D eigenvalue weighted by atomic mass is 16.2. The maximum atomic E-state index is 12.0. The zero-order valence-corrected chi connectivity index (χ0v) is 13.3. The molecule has 0 fully saturated rings. The second-order valence-electron chi connectivity index (χ2n) is 5.03. The predicted molar refractivity (Wildman–Crippen MR) is 92.7 cm³/mol. The summed E-state index contributed by atoms with van der Waals surface area (Å²) in [6.07, 6.45) is 0. The van der Waals surface area contributed by atoms with Crippen molar-refractivity contribution < 1.29 is 9.59 Å². The minimum absolute atomic E-state index is 0.0558. The lowest BCUT2D eigenvalue weighted by atomic mass is 10.2. The zero-order chi connectivity index (χ0) is 17.4. The summed E-state index contributed by atoms with van der Waals surface area (Å²) >= 11 is 0. The van der Waals surface area contributed by atoms with Gasteiger partial charge < -0.3 is 16.0 Å². The number of benzene rings is 2. The Morgan fingerprint density at radius 3 is 2.58 bits per heavy atom. The molecule has 2 rings (SSSR count). The molecule has 2 aromatic carbocycles. The molecule has 122 valence electrons. The summed E-state index contributed by atoms with van der Waals surface area (Å²) < 4.78 is 0. The molecule has 2 aromatic rings. The summed E-state index contributed by atoms with van der Waals surface area (Å²) in [4.78, 5) is 23.8. The Labute approximate surface area is 140 Å². The van der Waals surface area contributed by atoms with Crippen LogP contribution in [0.3, 0.4) is 0 Å². The van der Waals surface area contributed by atoms with E-state index in [-0.39, 0.29) is 18.4 Å². The number of carbonyl (C=O) groups excluding carboxylic acids is 2. The molecule has 3 N–H and O–H groups in total. The highest BCUT2D eigenvalue weighted by molar-refractivity contribution is 5.98. The van der Waals surface area contributed by atoms with Crippen LogP contribution in [0.15, 0.2) is 48.5 Å². The largest absolute Gasteiger partial charge is 0.376 e. The van der Waals surface area contributed by atoms with Crippen LogP contribution in [0.25, 0.3) is 0 Å². The van der Waals surface area contributed by atoms with Gasteiger partial charge in [-0.2, -0.15) is 5.26 Å². The molecule has 0 aromatic heterocycles. The molecule has 0 spiro atoms. The van der Waals surface area contributed by atoms with Crippen LogP contribution >= 0.6 is 0 Å². The number of hydrogen-bond donors (Lipinski definition) is 3. The number of rotatable bonds is 6. The fourth-order valence-electron chi connectivity index (χ4n) is 2.09. The summed E-state index contributed by atoms with van der Waals surface area (Å²) in [6, 6.07) is 15.7. The van der Waals surface area contributed by atoms with Crippen LogP contribution in [0.4, 0.5) is 11.4 Å². The molecule has 24 heavy (non-hydrogen) atoms. The van der Waals surface area contributed by atoms with Crippen LogP contribution in [0.2, 0.25) is 0 Å². The Hall–Kier alpha value is -3.33.